The van der Waals surface area contributed by atoms with Gasteiger partial charge in [0.15, 0.2) is 0 Å². The summed E-state index contributed by atoms with van der Waals surface area (Å²) in [4.78, 5) is 0. The van der Waals surface area contributed by atoms with Crippen LogP contribution in [-0.4, -0.2) is 7.05 Å². The molecule has 0 spiro atoms. The van der Waals surface area contributed by atoms with Crippen molar-refractivity contribution >= 4 is 15.9 Å². The Morgan fingerprint density at radius 1 is 1.10 bits per heavy atom. The van der Waals surface area contributed by atoms with E-state index < -0.39 is 11.6 Å². The van der Waals surface area contributed by atoms with Gasteiger partial charge in [0.05, 0.1) is 0 Å². The maximum absolute atomic E-state index is 13.2. The summed E-state index contributed by atoms with van der Waals surface area (Å²) >= 11 is 3.45. The number of benzene rings is 2. The van der Waals surface area contributed by atoms with Crippen molar-refractivity contribution in [2.45, 2.75) is 20.1 Å². The molecule has 0 aromatic heterocycles. The first-order chi connectivity index (χ1) is 9.99. The van der Waals surface area contributed by atoms with Gasteiger partial charge in [0.25, 0.3) is 0 Å². The van der Waals surface area contributed by atoms with Crippen molar-refractivity contribution in [2.24, 2.45) is 0 Å². The fraction of sp³-hybridized carbons (Fsp3) is 0.250. The number of aryl methyl sites for hydroxylation is 1. The molecule has 2 nitrogen and oxygen atoms in total. The van der Waals surface area contributed by atoms with Crippen LogP contribution >= 0.6 is 15.9 Å². The first-order valence-corrected chi connectivity index (χ1v) is 7.30. The fourth-order valence-electron chi connectivity index (χ4n) is 2.18. The third kappa shape index (κ3) is 4.25. The van der Waals surface area contributed by atoms with Crippen LogP contribution in [0.3, 0.4) is 0 Å². The highest BCUT2D eigenvalue weighted by Crippen LogP contribution is 2.29. The highest BCUT2D eigenvalue weighted by molar-refractivity contribution is 9.10. The molecule has 0 aliphatic heterocycles. The lowest BCUT2D eigenvalue weighted by molar-refractivity contribution is 0.299. The molecule has 21 heavy (non-hydrogen) atoms. The van der Waals surface area contributed by atoms with Crippen LogP contribution in [0.2, 0.25) is 0 Å². The van der Waals surface area contributed by atoms with Crippen LogP contribution in [0.25, 0.3) is 0 Å². The Balaban J connectivity index is 2.22. The van der Waals surface area contributed by atoms with Crippen LogP contribution in [0.1, 0.15) is 16.7 Å². The normalized spacial score (nSPS) is 10.7. The molecule has 2 aromatic carbocycles. The van der Waals surface area contributed by atoms with Crippen molar-refractivity contribution in [1.29, 1.82) is 0 Å². The van der Waals surface area contributed by atoms with Crippen LogP contribution in [0.15, 0.2) is 34.8 Å². The van der Waals surface area contributed by atoms with Gasteiger partial charge in [-0.05, 0) is 49.4 Å². The fourth-order valence-corrected chi connectivity index (χ4v) is 2.80. The lowest BCUT2D eigenvalue weighted by atomic mass is 10.1. The third-order valence-electron chi connectivity index (χ3n) is 2.99. The molecular weight excluding hydrogens is 340 g/mol. The molecule has 0 fully saturated rings. The number of hydrogen-bond acceptors (Lipinski definition) is 2. The lowest BCUT2D eigenvalue weighted by Gasteiger charge is -2.15. The van der Waals surface area contributed by atoms with Gasteiger partial charge in [-0.25, -0.2) is 8.78 Å². The first-order valence-electron chi connectivity index (χ1n) is 6.51. The van der Waals surface area contributed by atoms with Gasteiger partial charge in [0, 0.05) is 22.6 Å². The van der Waals surface area contributed by atoms with E-state index in [1.54, 1.807) is 0 Å². The molecular formula is C16H16BrF2NO. The van der Waals surface area contributed by atoms with Gasteiger partial charge in [-0.1, -0.05) is 15.9 Å². The van der Waals surface area contributed by atoms with Crippen LogP contribution in [0, 0.1) is 18.6 Å². The molecule has 0 aliphatic rings. The Morgan fingerprint density at radius 3 is 2.38 bits per heavy atom. The SMILES string of the molecule is CNCc1cc(Br)cc(C)c1OCc1cc(F)cc(F)c1. The van der Waals surface area contributed by atoms with E-state index in [0.717, 1.165) is 27.4 Å². The smallest absolute Gasteiger partial charge is 0.127 e. The minimum atomic E-state index is -0.600. The summed E-state index contributed by atoms with van der Waals surface area (Å²) in [5.41, 5.74) is 2.41. The van der Waals surface area contributed by atoms with Crippen LogP contribution in [-0.2, 0) is 13.2 Å². The molecule has 0 saturated heterocycles. The van der Waals surface area contributed by atoms with E-state index in [2.05, 4.69) is 21.2 Å². The first kappa shape index (κ1) is 15.9. The molecule has 0 bridgehead atoms. The Bertz CT molecular complexity index is 626. The van der Waals surface area contributed by atoms with Gasteiger partial charge in [0.1, 0.15) is 24.0 Å². The van der Waals surface area contributed by atoms with Gasteiger partial charge in [-0.2, -0.15) is 0 Å². The van der Waals surface area contributed by atoms with Crippen LogP contribution in [0.4, 0.5) is 8.78 Å². The average Bonchev–Trinajstić information content (AvgIpc) is 2.36. The topological polar surface area (TPSA) is 21.3 Å². The highest BCUT2D eigenvalue weighted by atomic mass is 79.9. The Hall–Kier alpha value is -1.46. The van der Waals surface area contributed by atoms with E-state index in [0.29, 0.717) is 12.1 Å². The maximum Gasteiger partial charge on any atom is 0.127 e. The molecule has 0 atom stereocenters. The van der Waals surface area contributed by atoms with Gasteiger partial charge in [-0.3, -0.25) is 0 Å². The molecule has 0 radical (unpaired) electrons. The van der Waals surface area contributed by atoms with E-state index in [1.165, 1.54) is 12.1 Å². The molecule has 0 amide bonds. The summed E-state index contributed by atoms with van der Waals surface area (Å²) in [6.45, 7) is 2.70. The standard InChI is InChI=1S/C16H16BrF2NO/c1-10-3-13(17)6-12(8-20-2)16(10)21-9-11-4-14(18)7-15(19)5-11/h3-7,20H,8-9H2,1-2H3. The zero-order chi connectivity index (χ0) is 15.4. The molecule has 2 rings (SSSR count). The average molecular weight is 356 g/mol. The van der Waals surface area contributed by atoms with Crippen molar-refractivity contribution in [3.8, 4) is 5.75 Å². The number of ether oxygens (including phenoxy) is 1. The van der Waals surface area contributed by atoms with E-state index in [9.17, 15) is 8.78 Å². The predicted molar refractivity (Wildman–Crippen MR) is 82.3 cm³/mol. The molecule has 5 heteroatoms. The number of hydrogen-bond donors (Lipinski definition) is 1. The largest absolute Gasteiger partial charge is 0.488 e. The van der Waals surface area contributed by atoms with Crippen LogP contribution in [0.5, 0.6) is 5.75 Å². The summed E-state index contributed by atoms with van der Waals surface area (Å²) in [7, 11) is 1.85. The van der Waals surface area contributed by atoms with Crippen molar-refractivity contribution < 1.29 is 13.5 Å². The Labute approximate surface area is 131 Å². The number of nitrogens with one attached hydrogen (secondary N) is 1. The minimum Gasteiger partial charge on any atom is -0.488 e. The van der Waals surface area contributed by atoms with Crippen molar-refractivity contribution in [1.82, 2.24) is 5.32 Å². The summed E-state index contributed by atoms with van der Waals surface area (Å²) in [6.07, 6.45) is 0. The summed E-state index contributed by atoms with van der Waals surface area (Å²) in [6, 6.07) is 7.30. The molecule has 0 unspecified atom stereocenters. The third-order valence-corrected chi connectivity index (χ3v) is 3.45. The van der Waals surface area contributed by atoms with Crippen molar-refractivity contribution in [3.63, 3.8) is 0 Å². The highest BCUT2D eigenvalue weighted by Gasteiger charge is 2.10. The van der Waals surface area contributed by atoms with Crippen molar-refractivity contribution in [2.75, 3.05) is 7.05 Å². The maximum atomic E-state index is 13.2. The molecule has 0 heterocycles. The monoisotopic (exact) mass is 355 g/mol. The quantitative estimate of drug-likeness (QED) is 0.861. The summed E-state index contributed by atoms with van der Waals surface area (Å²) < 4.78 is 33.1. The summed E-state index contributed by atoms with van der Waals surface area (Å²) in [5.74, 6) is -0.467. The van der Waals surface area contributed by atoms with E-state index in [-0.39, 0.29) is 6.61 Å². The zero-order valence-corrected chi connectivity index (χ0v) is 13.4. The van der Waals surface area contributed by atoms with E-state index >= 15 is 0 Å². The second kappa shape index (κ2) is 7.00. The Morgan fingerprint density at radius 2 is 1.76 bits per heavy atom. The Kier molecular flexibility index (Phi) is 5.31. The molecule has 112 valence electrons. The van der Waals surface area contributed by atoms with Gasteiger partial charge in [0.2, 0.25) is 0 Å². The minimum absolute atomic E-state index is 0.119. The molecule has 0 saturated carbocycles. The van der Waals surface area contributed by atoms with Gasteiger partial charge in [-0.15, -0.1) is 0 Å². The van der Waals surface area contributed by atoms with Crippen molar-refractivity contribution in [3.05, 3.63) is 63.1 Å². The van der Waals surface area contributed by atoms with Gasteiger partial charge >= 0.3 is 0 Å². The zero-order valence-electron chi connectivity index (χ0n) is 11.8. The molecule has 2 aromatic rings. The molecule has 1 N–H and O–H groups in total. The van der Waals surface area contributed by atoms with E-state index in [4.69, 9.17) is 4.74 Å². The lowest BCUT2D eigenvalue weighted by Crippen LogP contribution is -2.09. The second-order valence-corrected chi connectivity index (χ2v) is 5.72. The number of rotatable bonds is 5. The summed E-state index contributed by atoms with van der Waals surface area (Å²) in [5, 5.41) is 3.07. The van der Waals surface area contributed by atoms with Crippen LogP contribution < -0.4 is 10.1 Å². The second-order valence-electron chi connectivity index (χ2n) is 4.81. The molecule has 0 aliphatic carbocycles. The van der Waals surface area contributed by atoms with E-state index in [1.807, 2.05) is 26.1 Å². The number of halogens is 3. The van der Waals surface area contributed by atoms with Gasteiger partial charge < -0.3 is 10.1 Å². The predicted octanol–water partition coefficient (Wildman–Crippen LogP) is 4.33.